The molecular weight excluding hydrogens is 524 g/mol. The van der Waals surface area contributed by atoms with Crippen LogP contribution in [-0.4, -0.2) is 51.1 Å². The second kappa shape index (κ2) is 11.6. The lowest BCUT2D eigenvalue weighted by Crippen LogP contribution is -2.42. The molecule has 4 rings (SSSR count). The van der Waals surface area contributed by atoms with Crippen molar-refractivity contribution in [3.8, 4) is 11.5 Å². The van der Waals surface area contributed by atoms with Crippen LogP contribution in [0.4, 0.5) is 10.1 Å². The van der Waals surface area contributed by atoms with E-state index in [4.69, 9.17) is 37.4 Å². The maximum Gasteiger partial charge on any atom is 0.269 e. The minimum Gasteiger partial charge on any atom is -0.496 e. The van der Waals surface area contributed by atoms with Crippen molar-refractivity contribution in [2.24, 2.45) is 4.99 Å². The molecule has 0 aromatic heterocycles. The molecule has 8 nitrogen and oxygen atoms in total. The molecule has 0 fully saturated rings. The van der Waals surface area contributed by atoms with Crippen molar-refractivity contribution in [2.75, 3.05) is 32.8 Å². The number of nitrogens with one attached hydrogen (secondary N) is 2. The summed E-state index contributed by atoms with van der Waals surface area (Å²) in [7, 11) is 2.95. The first-order valence-corrected chi connectivity index (χ1v) is 11.8. The lowest BCUT2D eigenvalue weighted by Gasteiger charge is -2.17. The van der Waals surface area contributed by atoms with Crippen LogP contribution in [0.15, 0.2) is 59.6 Å². The van der Waals surface area contributed by atoms with E-state index >= 15 is 0 Å². The summed E-state index contributed by atoms with van der Waals surface area (Å²) in [6.45, 7) is 0.401. The number of ether oxygens (including phenoxy) is 3. The Balaban J connectivity index is 1.77. The zero-order valence-corrected chi connectivity index (χ0v) is 21.3. The predicted octanol–water partition coefficient (Wildman–Crippen LogP) is 4.71. The van der Waals surface area contributed by atoms with Crippen molar-refractivity contribution in [3.05, 3.63) is 87.2 Å². The molecule has 11 heteroatoms. The number of methoxy groups -OCH3 is 2. The largest absolute Gasteiger partial charge is 0.496 e. The highest BCUT2D eigenvalue weighted by Crippen LogP contribution is 2.35. The summed E-state index contributed by atoms with van der Waals surface area (Å²) in [5, 5.41) is 5.90. The number of para-hydroxylation sites is 1. The van der Waals surface area contributed by atoms with Crippen molar-refractivity contribution in [3.63, 3.8) is 0 Å². The number of rotatable bonds is 8. The van der Waals surface area contributed by atoms with Gasteiger partial charge in [0.2, 0.25) is 6.17 Å². The summed E-state index contributed by atoms with van der Waals surface area (Å²) in [6, 6.07) is 13.6. The monoisotopic (exact) mass is 545 g/mol. The van der Waals surface area contributed by atoms with E-state index in [1.807, 2.05) is 0 Å². The quantitative estimate of drug-likeness (QED) is 0.399. The summed E-state index contributed by atoms with van der Waals surface area (Å²) >= 11 is 12.7. The standard InChI is InChI=1S/C26H22Cl2FN3O5/c1-35-9-10-37-20-8-7-15(29)13-17(20)25(33)32-24-26(34)30-19-6-4-3-5-16(19)23(31-24)22-18(28)11-14(27)12-21(22)36-2/h3-8,11-13,24H,9-10H2,1-2H3,(H,30,34)(H,32,33). The summed E-state index contributed by atoms with van der Waals surface area (Å²) in [5.74, 6) is -1.58. The molecule has 0 aliphatic carbocycles. The van der Waals surface area contributed by atoms with E-state index in [0.717, 1.165) is 6.07 Å². The molecule has 0 radical (unpaired) electrons. The van der Waals surface area contributed by atoms with Gasteiger partial charge in [0.15, 0.2) is 0 Å². The summed E-state index contributed by atoms with van der Waals surface area (Å²) in [4.78, 5) is 30.9. The Morgan fingerprint density at radius 1 is 1.08 bits per heavy atom. The van der Waals surface area contributed by atoms with Gasteiger partial charge in [0, 0.05) is 17.7 Å². The number of fused-ring (bicyclic) bond motifs is 1. The predicted molar refractivity (Wildman–Crippen MR) is 139 cm³/mol. The first kappa shape index (κ1) is 26.4. The van der Waals surface area contributed by atoms with Crippen LogP contribution in [0.25, 0.3) is 0 Å². The Hall–Kier alpha value is -3.66. The van der Waals surface area contributed by atoms with Crippen LogP contribution in [-0.2, 0) is 9.53 Å². The highest BCUT2D eigenvalue weighted by Gasteiger charge is 2.30. The molecule has 1 unspecified atom stereocenters. The van der Waals surface area contributed by atoms with Gasteiger partial charge in [0.05, 0.1) is 41.3 Å². The lowest BCUT2D eigenvalue weighted by molar-refractivity contribution is -0.117. The molecule has 2 amide bonds. The van der Waals surface area contributed by atoms with Gasteiger partial charge in [-0.25, -0.2) is 9.38 Å². The molecule has 3 aromatic carbocycles. The van der Waals surface area contributed by atoms with Gasteiger partial charge >= 0.3 is 0 Å². The van der Waals surface area contributed by atoms with Gasteiger partial charge in [0.1, 0.15) is 23.9 Å². The topological polar surface area (TPSA) is 98.2 Å². The third-order valence-corrected chi connectivity index (χ3v) is 5.94. The van der Waals surface area contributed by atoms with Crippen LogP contribution >= 0.6 is 23.2 Å². The average molecular weight is 546 g/mol. The molecule has 1 heterocycles. The zero-order valence-electron chi connectivity index (χ0n) is 19.8. The molecule has 1 aliphatic heterocycles. The minimum absolute atomic E-state index is 0.107. The smallest absolute Gasteiger partial charge is 0.269 e. The van der Waals surface area contributed by atoms with E-state index < -0.39 is 23.8 Å². The number of carbonyl (C=O) groups excluding carboxylic acids is 2. The molecule has 0 saturated heterocycles. The van der Waals surface area contributed by atoms with Crippen molar-refractivity contribution in [2.45, 2.75) is 6.17 Å². The zero-order chi connectivity index (χ0) is 26.5. The van der Waals surface area contributed by atoms with E-state index in [0.29, 0.717) is 27.6 Å². The van der Waals surface area contributed by atoms with Crippen LogP contribution in [0.5, 0.6) is 11.5 Å². The van der Waals surface area contributed by atoms with Crippen molar-refractivity contribution in [1.29, 1.82) is 0 Å². The van der Waals surface area contributed by atoms with Gasteiger partial charge < -0.3 is 24.8 Å². The second-order valence-corrected chi connectivity index (χ2v) is 8.68. The lowest BCUT2D eigenvalue weighted by atomic mass is 9.99. The van der Waals surface area contributed by atoms with Gasteiger partial charge in [-0.15, -0.1) is 0 Å². The van der Waals surface area contributed by atoms with Crippen LogP contribution < -0.4 is 20.1 Å². The number of halogens is 3. The SMILES string of the molecule is COCCOc1ccc(F)cc1C(=O)NC1N=C(c2c(Cl)cc(Cl)cc2OC)c2ccccc2NC1=O. The fraction of sp³-hybridized carbons (Fsp3) is 0.192. The molecule has 192 valence electrons. The fourth-order valence-electron chi connectivity index (χ4n) is 3.74. The minimum atomic E-state index is -1.40. The first-order chi connectivity index (χ1) is 17.8. The fourth-order valence-corrected chi connectivity index (χ4v) is 4.30. The Morgan fingerprint density at radius 3 is 2.62 bits per heavy atom. The van der Waals surface area contributed by atoms with Crippen LogP contribution in [0.3, 0.4) is 0 Å². The van der Waals surface area contributed by atoms with Crippen molar-refractivity contribution < 1.29 is 28.2 Å². The number of carbonyl (C=O) groups is 2. The van der Waals surface area contributed by atoms with Gasteiger partial charge in [-0.05, 0) is 36.4 Å². The number of hydrogen-bond acceptors (Lipinski definition) is 6. The van der Waals surface area contributed by atoms with E-state index in [1.54, 1.807) is 30.3 Å². The Bertz CT molecular complexity index is 1380. The molecule has 3 aromatic rings. The third kappa shape index (κ3) is 5.85. The number of anilines is 1. The van der Waals surface area contributed by atoms with E-state index in [9.17, 15) is 14.0 Å². The van der Waals surface area contributed by atoms with E-state index in [-0.39, 0.29) is 35.3 Å². The molecular formula is C26H22Cl2FN3O5. The number of nitrogens with zero attached hydrogens (tertiary/aromatic N) is 1. The molecule has 1 aliphatic rings. The van der Waals surface area contributed by atoms with Crippen LogP contribution in [0.1, 0.15) is 21.5 Å². The average Bonchev–Trinajstić information content (AvgIpc) is 3.00. The van der Waals surface area contributed by atoms with Crippen molar-refractivity contribution >= 4 is 46.4 Å². The number of aliphatic imine (C=N–C) groups is 1. The number of benzene rings is 3. The third-order valence-electron chi connectivity index (χ3n) is 5.42. The maximum absolute atomic E-state index is 14.0. The van der Waals surface area contributed by atoms with E-state index in [1.165, 1.54) is 32.4 Å². The summed E-state index contributed by atoms with van der Waals surface area (Å²) in [6.07, 6.45) is -1.40. The maximum atomic E-state index is 14.0. The number of amides is 2. The Kier molecular flexibility index (Phi) is 8.27. The molecule has 0 spiro atoms. The van der Waals surface area contributed by atoms with Gasteiger partial charge in [-0.3, -0.25) is 9.59 Å². The van der Waals surface area contributed by atoms with Gasteiger partial charge in [0.25, 0.3) is 11.8 Å². The highest BCUT2D eigenvalue weighted by molar-refractivity contribution is 6.39. The summed E-state index contributed by atoms with van der Waals surface area (Å²) in [5.41, 5.74) is 1.55. The van der Waals surface area contributed by atoms with Gasteiger partial charge in [-0.1, -0.05) is 41.4 Å². The first-order valence-electron chi connectivity index (χ1n) is 11.1. The highest BCUT2D eigenvalue weighted by atomic mass is 35.5. The van der Waals surface area contributed by atoms with E-state index in [2.05, 4.69) is 15.6 Å². The molecule has 1 atom stereocenters. The van der Waals surface area contributed by atoms with Crippen LogP contribution in [0, 0.1) is 5.82 Å². The Labute approximate surface area is 222 Å². The number of benzodiazepines with no additional fused rings is 1. The molecule has 37 heavy (non-hydrogen) atoms. The van der Waals surface area contributed by atoms with Crippen molar-refractivity contribution in [1.82, 2.24) is 5.32 Å². The van der Waals surface area contributed by atoms with Crippen LogP contribution in [0.2, 0.25) is 10.0 Å². The van der Waals surface area contributed by atoms with Gasteiger partial charge in [-0.2, -0.15) is 0 Å². The molecule has 0 saturated carbocycles. The molecule has 0 bridgehead atoms. The normalized spacial score (nSPS) is 14.7. The summed E-state index contributed by atoms with van der Waals surface area (Å²) < 4.78 is 30.0. The number of hydrogen-bond donors (Lipinski definition) is 2. The Morgan fingerprint density at radius 2 is 1.86 bits per heavy atom. The second-order valence-electron chi connectivity index (χ2n) is 7.84. The molecule has 2 N–H and O–H groups in total.